The number of nitriles is 1. The van der Waals surface area contributed by atoms with E-state index in [1.807, 2.05) is 25.1 Å². The van der Waals surface area contributed by atoms with E-state index in [4.69, 9.17) is 10.00 Å². The molecule has 0 amide bonds. The van der Waals surface area contributed by atoms with Gasteiger partial charge in [0.25, 0.3) is 0 Å². The summed E-state index contributed by atoms with van der Waals surface area (Å²) in [5, 5.41) is 9.11. The van der Waals surface area contributed by atoms with Crippen molar-refractivity contribution in [2.45, 2.75) is 25.9 Å². The second-order valence-electron chi connectivity index (χ2n) is 5.26. The molecule has 0 N–H and O–H groups in total. The number of anilines is 1. The van der Waals surface area contributed by atoms with Crippen molar-refractivity contribution in [1.82, 2.24) is 15.0 Å². The minimum Gasteiger partial charge on any atom is -0.474 e. The largest absolute Gasteiger partial charge is 0.474 e. The molecule has 1 aliphatic rings. The highest BCUT2D eigenvalue weighted by Crippen LogP contribution is 2.22. The number of rotatable bonds is 3. The van der Waals surface area contributed by atoms with E-state index in [2.05, 4.69) is 25.9 Å². The van der Waals surface area contributed by atoms with Crippen molar-refractivity contribution < 1.29 is 4.74 Å². The van der Waals surface area contributed by atoms with Crippen LogP contribution in [0.2, 0.25) is 0 Å². The monoisotopic (exact) mass is 295 g/mol. The number of nitrogens with zero attached hydrogens (tertiary/aromatic N) is 5. The molecule has 3 rings (SSSR count). The van der Waals surface area contributed by atoms with Crippen LogP contribution in [-0.4, -0.2) is 34.1 Å². The van der Waals surface area contributed by atoms with Crippen molar-refractivity contribution in [3.05, 3.63) is 42.0 Å². The second kappa shape index (κ2) is 6.39. The molecule has 1 saturated heterocycles. The van der Waals surface area contributed by atoms with E-state index in [0.29, 0.717) is 17.4 Å². The van der Waals surface area contributed by atoms with E-state index in [-0.39, 0.29) is 6.10 Å². The fourth-order valence-electron chi connectivity index (χ4n) is 2.58. The molecule has 22 heavy (non-hydrogen) atoms. The summed E-state index contributed by atoms with van der Waals surface area (Å²) in [7, 11) is 0. The van der Waals surface area contributed by atoms with Crippen LogP contribution in [0, 0.1) is 18.3 Å². The highest BCUT2D eigenvalue weighted by molar-refractivity contribution is 5.49. The quantitative estimate of drug-likeness (QED) is 0.863. The summed E-state index contributed by atoms with van der Waals surface area (Å²) in [6.45, 7) is 3.54. The number of ether oxygens (including phenoxy) is 1. The topological polar surface area (TPSA) is 74.9 Å². The number of aryl methyl sites for hydroxylation is 1. The van der Waals surface area contributed by atoms with Crippen LogP contribution in [0.4, 0.5) is 5.82 Å². The molecule has 0 aromatic carbocycles. The molecule has 6 nitrogen and oxygen atoms in total. The average Bonchev–Trinajstić information content (AvgIpc) is 2.56. The zero-order chi connectivity index (χ0) is 15.4. The Labute approximate surface area is 129 Å². The smallest absolute Gasteiger partial charge is 0.213 e. The van der Waals surface area contributed by atoms with Gasteiger partial charge in [0.1, 0.15) is 12.2 Å². The molecule has 3 heterocycles. The molecule has 1 fully saturated rings. The van der Waals surface area contributed by atoms with Gasteiger partial charge in [0.05, 0.1) is 0 Å². The molecular weight excluding hydrogens is 278 g/mol. The Balaban J connectivity index is 1.62. The number of aromatic nitrogens is 3. The van der Waals surface area contributed by atoms with Gasteiger partial charge in [-0.1, -0.05) is 6.07 Å². The minimum atomic E-state index is 0.146. The lowest BCUT2D eigenvalue weighted by molar-refractivity contribution is 0.163. The lowest BCUT2D eigenvalue weighted by Gasteiger charge is -2.32. The van der Waals surface area contributed by atoms with Crippen molar-refractivity contribution >= 4 is 5.82 Å². The standard InChI is InChI=1S/C16H17N5O/c1-12-3-2-4-15(20-12)22-13-5-9-21(10-6-13)16-14(11-17)18-7-8-19-16/h2-4,7-8,13H,5-6,9-10H2,1H3. The van der Waals surface area contributed by atoms with Gasteiger partial charge >= 0.3 is 0 Å². The third-order valence-corrected chi connectivity index (χ3v) is 3.68. The second-order valence-corrected chi connectivity index (χ2v) is 5.26. The first-order valence-electron chi connectivity index (χ1n) is 7.32. The first-order valence-corrected chi connectivity index (χ1v) is 7.32. The van der Waals surface area contributed by atoms with E-state index in [1.165, 1.54) is 0 Å². The molecule has 0 unspecified atom stereocenters. The zero-order valence-corrected chi connectivity index (χ0v) is 12.4. The van der Waals surface area contributed by atoms with Crippen molar-refractivity contribution in [2.24, 2.45) is 0 Å². The third-order valence-electron chi connectivity index (χ3n) is 3.68. The number of piperidine rings is 1. The Bertz CT molecular complexity index is 689. The molecule has 2 aromatic heterocycles. The van der Waals surface area contributed by atoms with E-state index < -0.39 is 0 Å². The summed E-state index contributed by atoms with van der Waals surface area (Å²) in [5.74, 6) is 1.34. The van der Waals surface area contributed by atoms with Gasteiger partial charge in [0.2, 0.25) is 5.88 Å². The molecule has 0 saturated carbocycles. The van der Waals surface area contributed by atoms with Crippen molar-refractivity contribution in [1.29, 1.82) is 5.26 Å². The lowest BCUT2D eigenvalue weighted by atomic mass is 10.1. The Kier molecular flexibility index (Phi) is 4.15. The Morgan fingerprint density at radius 1 is 1.23 bits per heavy atom. The highest BCUT2D eigenvalue weighted by Gasteiger charge is 2.23. The van der Waals surface area contributed by atoms with Gasteiger partial charge in [0.15, 0.2) is 11.5 Å². The predicted molar refractivity (Wildman–Crippen MR) is 81.6 cm³/mol. The molecule has 1 aliphatic heterocycles. The van der Waals surface area contributed by atoms with Crippen molar-refractivity contribution in [2.75, 3.05) is 18.0 Å². The number of hydrogen-bond donors (Lipinski definition) is 0. The minimum absolute atomic E-state index is 0.146. The van der Waals surface area contributed by atoms with Crippen molar-refractivity contribution in [3.63, 3.8) is 0 Å². The maximum atomic E-state index is 9.11. The summed E-state index contributed by atoms with van der Waals surface area (Å²) >= 11 is 0. The summed E-state index contributed by atoms with van der Waals surface area (Å²) in [6, 6.07) is 7.88. The Morgan fingerprint density at radius 3 is 2.73 bits per heavy atom. The van der Waals surface area contributed by atoms with Gasteiger partial charge in [-0.2, -0.15) is 5.26 Å². The number of pyridine rings is 1. The van der Waals surface area contributed by atoms with E-state index in [9.17, 15) is 0 Å². The van der Waals surface area contributed by atoms with Crippen LogP contribution < -0.4 is 9.64 Å². The van der Waals surface area contributed by atoms with Gasteiger partial charge in [-0.15, -0.1) is 0 Å². The van der Waals surface area contributed by atoms with Gasteiger partial charge in [0, 0.05) is 50.1 Å². The molecule has 0 spiro atoms. The van der Waals surface area contributed by atoms with Crippen LogP contribution in [0.5, 0.6) is 5.88 Å². The summed E-state index contributed by atoms with van der Waals surface area (Å²) in [6.07, 6.45) is 5.05. The zero-order valence-electron chi connectivity index (χ0n) is 12.4. The SMILES string of the molecule is Cc1cccc(OC2CCN(c3nccnc3C#N)CC2)n1. The lowest BCUT2D eigenvalue weighted by Crippen LogP contribution is -2.39. The molecule has 0 atom stereocenters. The van der Waals surface area contributed by atoms with E-state index in [0.717, 1.165) is 31.6 Å². The highest BCUT2D eigenvalue weighted by atomic mass is 16.5. The summed E-state index contributed by atoms with van der Waals surface area (Å²) in [5.41, 5.74) is 1.33. The van der Waals surface area contributed by atoms with Gasteiger partial charge in [-0.05, 0) is 13.0 Å². The Hall–Kier alpha value is -2.68. The molecule has 0 radical (unpaired) electrons. The van der Waals surface area contributed by atoms with Gasteiger partial charge in [-0.3, -0.25) is 0 Å². The van der Waals surface area contributed by atoms with Crippen LogP contribution >= 0.6 is 0 Å². The Morgan fingerprint density at radius 2 is 2.00 bits per heavy atom. The number of hydrogen-bond acceptors (Lipinski definition) is 6. The first-order chi connectivity index (χ1) is 10.8. The summed E-state index contributed by atoms with van der Waals surface area (Å²) in [4.78, 5) is 14.8. The maximum Gasteiger partial charge on any atom is 0.213 e. The molecule has 112 valence electrons. The van der Waals surface area contributed by atoms with E-state index >= 15 is 0 Å². The van der Waals surface area contributed by atoms with Crippen LogP contribution in [0.15, 0.2) is 30.6 Å². The molecule has 0 aliphatic carbocycles. The summed E-state index contributed by atoms with van der Waals surface area (Å²) < 4.78 is 5.94. The molecule has 0 bridgehead atoms. The van der Waals surface area contributed by atoms with Gasteiger partial charge in [-0.25, -0.2) is 15.0 Å². The van der Waals surface area contributed by atoms with Crippen molar-refractivity contribution in [3.8, 4) is 11.9 Å². The van der Waals surface area contributed by atoms with Crippen LogP contribution in [0.25, 0.3) is 0 Å². The van der Waals surface area contributed by atoms with Crippen LogP contribution in [0.3, 0.4) is 0 Å². The maximum absolute atomic E-state index is 9.11. The fraction of sp³-hybridized carbons (Fsp3) is 0.375. The molecular formula is C16H17N5O. The third kappa shape index (κ3) is 3.14. The van der Waals surface area contributed by atoms with Crippen LogP contribution in [-0.2, 0) is 0 Å². The fourth-order valence-corrected chi connectivity index (χ4v) is 2.58. The average molecular weight is 295 g/mol. The molecule has 2 aromatic rings. The molecule has 6 heteroatoms. The first kappa shape index (κ1) is 14.3. The van der Waals surface area contributed by atoms with E-state index in [1.54, 1.807) is 12.4 Å². The van der Waals surface area contributed by atoms with Crippen LogP contribution in [0.1, 0.15) is 24.2 Å². The van der Waals surface area contributed by atoms with Gasteiger partial charge < -0.3 is 9.64 Å². The normalized spacial score (nSPS) is 15.4. The predicted octanol–water partition coefficient (Wildman–Crippen LogP) is 2.10.